The second kappa shape index (κ2) is 7.74. The summed E-state index contributed by atoms with van der Waals surface area (Å²) in [6, 6.07) is 22.9. The van der Waals surface area contributed by atoms with Crippen LogP contribution in [-0.2, 0) is 26.2 Å². The first-order valence-corrected chi connectivity index (χ1v) is 10.0. The lowest BCUT2D eigenvalue weighted by molar-refractivity contribution is 0.0779. The lowest BCUT2D eigenvalue weighted by Gasteiger charge is -2.17. The molecule has 30 heavy (non-hydrogen) atoms. The van der Waals surface area contributed by atoms with Gasteiger partial charge in [0.15, 0.2) is 0 Å². The van der Waals surface area contributed by atoms with Gasteiger partial charge in [0.1, 0.15) is 0 Å². The van der Waals surface area contributed by atoms with Gasteiger partial charge in [-0.25, -0.2) is 10.0 Å². The molecule has 2 heterocycles. The first kappa shape index (κ1) is 18.5. The molecule has 0 spiro atoms. The average Bonchev–Trinajstić information content (AvgIpc) is 3.34. The summed E-state index contributed by atoms with van der Waals surface area (Å²) in [4.78, 5) is 24.8. The summed E-state index contributed by atoms with van der Waals surface area (Å²) in [6.07, 6.45) is 0. The number of fused-ring (bicyclic) bond motifs is 2. The maximum atomic E-state index is 12.4. The largest absolute Gasteiger partial charge is 0.284 e. The molecule has 2 aliphatic heterocycles. The highest BCUT2D eigenvalue weighted by Crippen LogP contribution is 2.30. The van der Waals surface area contributed by atoms with Crippen molar-refractivity contribution in [1.82, 2.24) is 20.9 Å². The lowest BCUT2D eigenvalue weighted by Crippen LogP contribution is -2.38. The zero-order chi connectivity index (χ0) is 20.5. The van der Waals surface area contributed by atoms with E-state index in [1.807, 2.05) is 70.7 Å². The Morgan fingerprint density at radius 1 is 0.567 bits per heavy atom. The molecule has 3 aromatic carbocycles. The molecule has 6 heteroatoms. The van der Waals surface area contributed by atoms with E-state index in [0.717, 1.165) is 0 Å². The molecular formula is C24H22N4O2. The van der Waals surface area contributed by atoms with Gasteiger partial charge in [0, 0.05) is 37.3 Å². The van der Waals surface area contributed by atoms with Gasteiger partial charge in [-0.2, -0.15) is 0 Å². The number of carbonyl (C=O) groups excluding carboxylic acids is 2. The number of benzene rings is 3. The number of carbonyl (C=O) groups is 2. The third kappa shape index (κ3) is 3.70. The van der Waals surface area contributed by atoms with Crippen molar-refractivity contribution in [3.05, 3.63) is 106 Å². The van der Waals surface area contributed by atoms with Crippen LogP contribution in [0.1, 0.15) is 43.0 Å². The van der Waals surface area contributed by atoms with E-state index in [1.165, 1.54) is 22.3 Å². The molecule has 0 saturated carbocycles. The molecule has 2 aliphatic rings. The lowest BCUT2D eigenvalue weighted by atomic mass is 10.0. The van der Waals surface area contributed by atoms with Crippen molar-refractivity contribution in [3.8, 4) is 0 Å². The van der Waals surface area contributed by atoms with Crippen LogP contribution >= 0.6 is 0 Å². The fourth-order valence-electron chi connectivity index (χ4n) is 4.07. The van der Waals surface area contributed by atoms with Gasteiger partial charge in [-0.3, -0.25) is 20.4 Å². The Morgan fingerprint density at radius 3 is 1.23 bits per heavy atom. The second-order valence-corrected chi connectivity index (χ2v) is 7.72. The maximum Gasteiger partial charge on any atom is 0.265 e. The van der Waals surface area contributed by atoms with Crippen molar-refractivity contribution in [2.24, 2.45) is 0 Å². The SMILES string of the molecule is O=C(NN1Cc2cc3c(cc2C1)CN(NC(=O)c1ccccc1)C3)c1ccccc1. The van der Waals surface area contributed by atoms with Gasteiger partial charge in [-0.15, -0.1) is 0 Å². The number of hydrogen-bond donors (Lipinski definition) is 2. The van der Waals surface area contributed by atoms with Gasteiger partial charge in [-0.1, -0.05) is 48.5 Å². The third-order valence-corrected chi connectivity index (χ3v) is 5.56. The highest BCUT2D eigenvalue weighted by Gasteiger charge is 2.27. The Morgan fingerprint density at radius 2 is 0.900 bits per heavy atom. The summed E-state index contributed by atoms with van der Waals surface area (Å²) in [5, 5.41) is 3.90. The van der Waals surface area contributed by atoms with Crippen LogP contribution in [-0.4, -0.2) is 21.8 Å². The van der Waals surface area contributed by atoms with Crippen molar-refractivity contribution >= 4 is 11.8 Å². The number of nitrogens with one attached hydrogen (secondary N) is 2. The van der Waals surface area contributed by atoms with E-state index in [2.05, 4.69) is 23.0 Å². The molecule has 6 nitrogen and oxygen atoms in total. The number of nitrogens with zero attached hydrogens (tertiary/aromatic N) is 2. The number of rotatable bonds is 4. The second-order valence-electron chi connectivity index (χ2n) is 7.72. The monoisotopic (exact) mass is 398 g/mol. The van der Waals surface area contributed by atoms with Gasteiger partial charge in [0.2, 0.25) is 0 Å². The zero-order valence-corrected chi connectivity index (χ0v) is 16.5. The number of hydrogen-bond acceptors (Lipinski definition) is 4. The molecule has 2 N–H and O–H groups in total. The summed E-state index contributed by atoms with van der Waals surface area (Å²) in [6.45, 7) is 2.71. The van der Waals surface area contributed by atoms with Gasteiger partial charge in [0.05, 0.1) is 0 Å². The van der Waals surface area contributed by atoms with Crippen LogP contribution in [0.3, 0.4) is 0 Å². The molecule has 3 aromatic rings. The zero-order valence-electron chi connectivity index (χ0n) is 16.5. The van der Waals surface area contributed by atoms with Crippen molar-refractivity contribution in [3.63, 3.8) is 0 Å². The van der Waals surface area contributed by atoms with Gasteiger partial charge >= 0.3 is 0 Å². The van der Waals surface area contributed by atoms with E-state index < -0.39 is 0 Å². The summed E-state index contributed by atoms with van der Waals surface area (Å²) in [5.41, 5.74) is 12.2. The summed E-state index contributed by atoms with van der Waals surface area (Å²) >= 11 is 0. The Bertz CT molecular complexity index is 979. The summed E-state index contributed by atoms with van der Waals surface area (Å²) < 4.78 is 0. The number of hydrazine groups is 2. The molecule has 0 aromatic heterocycles. The normalized spacial score (nSPS) is 15.5. The maximum absolute atomic E-state index is 12.4. The van der Waals surface area contributed by atoms with Crippen LogP contribution in [0.25, 0.3) is 0 Å². The molecule has 0 fully saturated rings. The first-order chi connectivity index (χ1) is 14.7. The summed E-state index contributed by atoms with van der Waals surface area (Å²) in [5.74, 6) is -0.184. The molecule has 5 rings (SSSR count). The van der Waals surface area contributed by atoms with Crippen molar-refractivity contribution < 1.29 is 9.59 Å². The minimum Gasteiger partial charge on any atom is -0.284 e. The molecule has 0 radical (unpaired) electrons. The molecule has 0 atom stereocenters. The van der Waals surface area contributed by atoms with E-state index in [0.29, 0.717) is 37.3 Å². The first-order valence-electron chi connectivity index (χ1n) is 10.0. The van der Waals surface area contributed by atoms with E-state index in [-0.39, 0.29) is 11.8 Å². The van der Waals surface area contributed by atoms with Crippen molar-refractivity contribution in [2.75, 3.05) is 0 Å². The van der Waals surface area contributed by atoms with Crippen LogP contribution in [0.15, 0.2) is 72.8 Å². The predicted molar refractivity (Wildman–Crippen MR) is 113 cm³/mol. The predicted octanol–water partition coefficient (Wildman–Crippen LogP) is 3.01. The van der Waals surface area contributed by atoms with Gasteiger partial charge in [-0.05, 0) is 46.5 Å². The van der Waals surface area contributed by atoms with Crippen LogP contribution in [0, 0.1) is 0 Å². The number of amides is 2. The minimum atomic E-state index is -0.0919. The Kier molecular flexibility index (Phi) is 4.78. The Hall–Kier alpha value is -3.48. The van der Waals surface area contributed by atoms with Gasteiger partial charge in [0.25, 0.3) is 11.8 Å². The fraction of sp³-hybridized carbons (Fsp3) is 0.167. The van der Waals surface area contributed by atoms with E-state index >= 15 is 0 Å². The summed E-state index contributed by atoms with van der Waals surface area (Å²) in [7, 11) is 0. The quantitative estimate of drug-likeness (QED) is 0.709. The molecular weight excluding hydrogens is 376 g/mol. The van der Waals surface area contributed by atoms with Crippen molar-refractivity contribution in [2.45, 2.75) is 26.2 Å². The van der Waals surface area contributed by atoms with Crippen LogP contribution in [0.2, 0.25) is 0 Å². The van der Waals surface area contributed by atoms with Crippen LogP contribution in [0.5, 0.6) is 0 Å². The molecule has 0 unspecified atom stereocenters. The molecule has 0 bridgehead atoms. The minimum absolute atomic E-state index is 0.0919. The molecule has 0 saturated heterocycles. The highest BCUT2D eigenvalue weighted by atomic mass is 16.2. The fourth-order valence-corrected chi connectivity index (χ4v) is 4.07. The smallest absolute Gasteiger partial charge is 0.265 e. The standard InChI is InChI=1S/C24H22N4O2/c29-23(17-7-3-1-4-8-17)25-27-13-19-11-21-15-28(16-22(21)12-20(19)14-27)26-24(30)18-9-5-2-6-10-18/h1-12H,13-16H2,(H,25,29)(H,26,30). The van der Waals surface area contributed by atoms with E-state index in [4.69, 9.17) is 0 Å². The van der Waals surface area contributed by atoms with Crippen LogP contribution < -0.4 is 10.9 Å². The van der Waals surface area contributed by atoms with Crippen molar-refractivity contribution in [1.29, 1.82) is 0 Å². The van der Waals surface area contributed by atoms with Crippen LogP contribution in [0.4, 0.5) is 0 Å². The topological polar surface area (TPSA) is 64.7 Å². The average molecular weight is 398 g/mol. The van der Waals surface area contributed by atoms with E-state index in [1.54, 1.807) is 0 Å². The van der Waals surface area contributed by atoms with E-state index in [9.17, 15) is 9.59 Å². The highest BCUT2D eigenvalue weighted by molar-refractivity contribution is 5.94. The molecule has 2 amide bonds. The van der Waals surface area contributed by atoms with Gasteiger partial charge < -0.3 is 0 Å². The Labute approximate surface area is 175 Å². The molecule has 0 aliphatic carbocycles. The third-order valence-electron chi connectivity index (χ3n) is 5.56. The molecule has 150 valence electrons. The Balaban J connectivity index is 1.22.